The monoisotopic (exact) mass is 395 g/mol. The van der Waals surface area contributed by atoms with E-state index >= 15 is 0 Å². The average molecular weight is 396 g/mol. The number of carbonyl (C=O) groups excluding carboxylic acids is 1. The van der Waals surface area contributed by atoms with E-state index in [-0.39, 0.29) is 11.7 Å². The van der Waals surface area contributed by atoms with Crippen molar-refractivity contribution in [3.63, 3.8) is 0 Å². The van der Waals surface area contributed by atoms with E-state index in [4.69, 9.17) is 0 Å². The second-order valence-corrected chi connectivity index (χ2v) is 7.75. The zero-order valence-corrected chi connectivity index (χ0v) is 17.5. The molecule has 0 atom stereocenters. The lowest BCUT2D eigenvalue weighted by molar-refractivity contribution is -0.113. The lowest BCUT2D eigenvalue weighted by Gasteiger charge is -2.13. The quantitative estimate of drug-likeness (QED) is 0.600. The highest BCUT2D eigenvalue weighted by atomic mass is 32.2. The van der Waals surface area contributed by atoms with Gasteiger partial charge in [-0.05, 0) is 50.5 Å². The van der Waals surface area contributed by atoms with Gasteiger partial charge in [0.25, 0.3) is 0 Å². The van der Waals surface area contributed by atoms with Crippen LogP contribution in [-0.2, 0) is 11.3 Å². The van der Waals surface area contributed by atoms with E-state index in [1.165, 1.54) is 17.3 Å². The van der Waals surface area contributed by atoms with Gasteiger partial charge in [-0.3, -0.25) is 9.78 Å². The third kappa shape index (κ3) is 4.59. The van der Waals surface area contributed by atoms with Crippen LogP contribution in [0.1, 0.15) is 30.0 Å². The largest absolute Gasteiger partial charge is 0.325 e. The van der Waals surface area contributed by atoms with E-state index in [9.17, 15) is 4.79 Å². The van der Waals surface area contributed by atoms with Gasteiger partial charge in [0.15, 0.2) is 11.0 Å². The molecule has 0 saturated heterocycles. The predicted molar refractivity (Wildman–Crippen MR) is 114 cm³/mol. The van der Waals surface area contributed by atoms with Crippen molar-refractivity contribution >= 4 is 23.4 Å². The molecule has 0 fully saturated rings. The highest BCUT2D eigenvalue weighted by molar-refractivity contribution is 7.99. The molecule has 6 nitrogen and oxygen atoms in total. The number of benzene rings is 1. The van der Waals surface area contributed by atoms with Crippen LogP contribution < -0.4 is 5.32 Å². The Labute approximate surface area is 169 Å². The summed E-state index contributed by atoms with van der Waals surface area (Å²) in [5, 5.41) is 12.4. The predicted octanol–water partition coefficient (Wildman–Crippen LogP) is 4.41. The van der Waals surface area contributed by atoms with Crippen LogP contribution in [0.25, 0.3) is 11.4 Å². The number of carbonyl (C=O) groups is 1. The molecule has 1 amide bonds. The zero-order valence-electron chi connectivity index (χ0n) is 16.7. The SMILES string of the molecule is CCCn1c(SCC(=O)Nc2c(C)cc(C)cc2C)nnc1-c1cccnc1. The number of pyridine rings is 1. The lowest BCUT2D eigenvalue weighted by Crippen LogP contribution is -2.16. The summed E-state index contributed by atoms with van der Waals surface area (Å²) >= 11 is 1.40. The van der Waals surface area contributed by atoms with Crippen molar-refractivity contribution in [2.24, 2.45) is 0 Å². The van der Waals surface area contributed by atoms with Crippen LogP contribution >= 0.6 is 11.8 Å². The van der Waals surface area contributed by atoms with Gasteiger partial charge < -0.3 is 9.88 Å². The lowest BCUT2D eigenvalue weighted by atomic mass is 10.1. The average Bonchev–Trinajstić information content (AvgIpc) is 3.07. The van der Waals surface area contributed by atoms with Gasteiger partial charge in [-0.2, -0.15) is 0 Å². The fourth-order valence-electron chi connectivity index (χ4n) is 3.21. The first-order valence-corrected chi connectivity index (χ1v) is 10.3. The molecule has 2 heterocycles. The molecular formula is C21H25N5OS. The molecule has 0 bridgehead atoms. The molecular weight excluding hydrogens is 370 g/mol. The molecule has 0 radical (unpaired) electrons. The fourth-order valence-corrected chi connectivity index (χ4v) is 3.98. The summed E-state index contributed by atoms with van der Waals surface area (Å²) < 4.78 is 2.05. The molecule has 1 aromatic carbocycles. The van der Waals surface area contributed by atoms with Gasteiger partial charge in [-0.25, -0.2) is 0 Å². The Kier molecular flexibility index (Phi) is 6.46. The number of nitrogens with zero attached hydrogens (tertiary/aromatic N) is 4. The van der Waals surface area contributed by atoms with Gasteiger partial charge >= 0.3 is 0 Å². The van der Waals surface area contributed by atoms with Gasteiger partial charge in [0, 0.05) is 30.2 Å². The Bertz CT molecular complexity index is 945. The Balaban J connectivity index is 1.72. The first-order chi connectivity index (χ1) is 13.5. The van der Waals surface area contributed by atoms with Gasteiger partial charge in [0.05, 0.1) is 5.75 Å². The Morgan fingerprint density at radius 1 is 1.18 bits per heavy atom. The maximum Gasteiger partial charge on any atom is 0.234 e. The molecule has 0 aliphatic carbocycles. The Morgan fingerprint density at radius 3 is 2.57 bits per heavy atom. The maximum absolute atomic E-state index is 12.5. The highest BCUT2D eigenvalue weighted by Gasteiger charge is 2.16. The zero-order chi connectivity index (χ0) is 20.1. The molecule has 0 saturated carbocycles. The minimum atomic E-state index is -0.0472. The van der Waals surface area contributed by atoms with E-state index in [0.29, 0.717) is 0 Å². The Hall–Kier alpha value is -2.67. The maximum atomic E-state index is 12.5. The first-order valence-electron chi connectivity index (χ1n) is 9.33. The summed E-state index contributed by atoms with van der Waals surface area (Å²) in [6, 6.07) is 8.00. The summed E-state index contributed by atoms with van der Waals surface area (Å²) in [6.07, 6.45) is 4.46. The van der Waals surface area contributed by atoms with Crippen LogP contribution in [0.5, 0.6) is 0 Å². The second-order valence-electron chi connectivity index (χ2n) is 6.81. The Morgan fingerprint density at radius 2 is 1.93 bits per heavy atom. The van der Waals surface area contributed by atoms with Crippen molar-refractivity contribution in [1.29, 1.82) is 0 Å². The van der Waals surface area contributed by atoms with Crippen molar-refractivity contribution in [2.45, 2.75) is 45.8 Å². The smallest absolute Gasteiger partial charge is 0.234 e. The molecule has 2 aromatic heterocycles. The van der Waals surface area contributed by atoms with Crippen LogP contribution in [0.3, 0.4) is 0 Å². The summed E-state index contributed by atoms with van der Waals surface area (Å²) in [5.41, 5.74) is 5.15. The number of anilines is 1. The standard InChI is InChI=1S/C21H25N5OS/c1-5-9-26-20(17-7-6-8-22-12-17)24-25-21(26)28-13-18(27)23-19-15(3)10-14(2)11-16(19)4/h6-8,10-12H,5,9,13H2,1-4H3,(H,23,27). The van der Waals surface area contributed by atoms with Crippen molar-refractivity contribution < 1.29 is 4.79 Å². The molecule has 1 N–H and O–H groups in total. The summed E-state index contributed by atoms with van der Waals surface area (Å²) in [4.78, 5) is 16.7. The topological polar surface area (TPSA) is 72.7 Å². The van der Waals surface area contributed by atoms with Crippen molar-refractivity contribution in [3.05, 3.63) is 53.3 Å². The number of aryl methyl sites for hydroxylation is 3. The number of rotatable bonds is 7. The van der Waals surface area contributed by atoms with Gasteiger partial charge in [0.2, 0.25) is 5.91 Å². The number of hydrogen-bond acceptors (Lipinski definition) is 5. The number of thioether (sulfide) groups is 1. The van der Waals surface area contributed by atoms with E-state index in [2.05, 4.69) is 51.0 Å². The second kappa shape index (κ2) is 9.01. The minimum Gasteiger partial charge on any atom is -0.325 e. The number of aromatic nitrogens is 4. The molecule has 0 aliphatic rings. The third-order valence-electron chi connectivity index (χ3n) is 4.36. The van der Waals surface area contributed by atoms with Crippen LogP contribution in [0.4, 0.5) is 5.69 Å². The molecule has 3 aromatic rings. The van der Waals surface area contributed by atoms with Crippen LogP contribution in [0.2, 0.25) is 0 Å². The van der Waals surface area contributed by atoms with E-state index < -0.39 is 0 Å². The van der Waals surface area contributed by atoms with Crippen LogP contribution in [-0.4, -0.2) is 31.4 Å². The molecule has 3 rings (SSSR count). The molecule has 28 heavy (non-hydrogen) atoms. The summed E-state index contributed by atoms with van der Waals surface area (Å²) in [5.74, 6) is 1.01. The van der Waals surface area contributed by atoms with Crippen molar-refractivity contribution in [2.75, 3.05) is 11.1 Å². The van der Waals surface area contributed by atoms with Gasteiger partial charge in [-0.1, -0.05) is 36.4 Å². The first kappa shape index (κ1) is 20.1. The molecule has 146 valence electrons. The summed E-state index contributed by atoms with van der Waals surface area (Å²) in [6.45, 7) is 8.98. The number of amides is 1. The van der Waals surface area contributed by atoms with Gasteiger partial charge in [-0.15, -0.1) is 10.2 Å². The third-order valence-corrected chi connectivity index (χ3v) is 5.32. The minimum absolute atomic E-state index is 0.0472. The van der Waals surface area contributed by atoms with Gasteiger partial charge in [0.1, 0.15) is 0 Å². The normalized spacial score (nSPS) is 10.9. The van der Waals surface area contributed by atoms with Crippen LogP contribution in [0.15, 0.2) is 41.8 Å². The molecule has 0 spiro atoms. The number of nitrogens with one attached hydrogen (secondary N) is 1. The van der Waals surface area contributed by atoms with E-state index in [1.54, 1.807) is 12.4 Å². The van der Waals surface area contributed by atoms with Crippen molar-refractivity contribution in [1.82, 2.24) is 19.7 Å². The summed E-state index contributed by atoms with van der Waals surface area (Å²) in [7, 11) is 0. The van der Waals surface area contributed by atoms with E-state index in [0.717, 1.165) is 46.3 Å². The highest BCUT2D eigenvalue weighted by Crippen LogP contribution is 2.25. The molecule has 0 aliphatic heterocycles. The molecule has 7 heteroatoms. The molecule has 0 unspecified atom stereocenters. The van der Waals surface area contributed by atoms with Crippen molar-refractivity contribution in [3.8, 4) is 11.4 Å². The van der Waals surface area contributed by atoms with Crippen LogP contribution in [0, 0.1) is 20.8 Å². The fraction of sp³-hybridized carbons (Fsp3) is 0.333. The number of hydrogen-bond donors (Lipinski definition) is 1. The van der Waals surface area contributed by atoms with E-state index in [1.807, 2.05) is 26.0 Å².